The molecule has 21 heavy (non-hydrogen) atoms. The molecule has 1 aromatic rings. The number of nitrogens with one attached hydrogen (secondary N) is 1. The number of para-hydroxylation sites is 1. The molecule has 1 rings (SSSR count). The summed E-state index contributed by atoms with van der Waals surface area (Å²) in [6.07, 6.45) is -4.47. The summed E-state index contributed by atoms with van der Waals surface area (Å²) in [4.78, 5) is 0. The van der Waals surface area contributed by atoms with Crippen LogP contribution in [0.5, 0.6) is 0 Å². The maximum absolute atomic E-state index is 12.9. The number of rotatable bonds is 8. The molecule has 1 aromatic carbocycles. The normalized spacial score (nSPS) is 12.0. The molecule has 0 spiro atoms. The first-order valence-electron chi connectivity index (χ1n) is 6.72. The molecule has 0 heterocycles. The van der Waals surface area contributed by atoms with Crippen molar-refractivity contribution in [2.75, 3.05) is 25.1 Å². The molecule has 0 saturated carbocycles. The van der Waals surface area contributed by atoms with Gasteiger partial charge in [-0.3, -0.25) is 0 Å². The molecule has 3 nitrogen and oxygen atoms in total. The maximum atomic E-state index is 12.9. The lowest BCUT2D eigenvalue weighted by Gasteiger charge is -2.19. The van der Waals surface area contributed by atoms with E-state index in [1.807, 2.05) is 13.8 Å². The fourth-order valence-corrected chi connectivity index (χ4v) is 2.08. The number of halogens is 4. The van der Waals surface area contributed by atoms with Gasteiger partial charge in [-0.15, -0.1) is 0 Å². The number of hydrogen-bond acceptors (Lipinski definition) is 3. The first kappa shape index (κ1) is 18.1. The molecule has 0 radical (unpaired) electrons. The fourth-order valence-electron chi connectivity index (χ4n) is 1.84. The van der Waals surface area contributed by atoms with Gasteiger partial charge in [-0.2, -0.15) is 13.2 Å². The van der Waals surface area contributed by atoms with Gasteiger partial charge < -0.3 is 14.8 Å². The van der Waals surface area contributed by atoms with E-state index in [-0.39, 0.29) is 17.3 Å². The predicted molar refractivity (Wildman–Crippen MR) is 76.6 cm³/mol. The minimum Gasteiger partial charge on any atom is -0.383 e. The second-order valence-corrected chi connectivity index (χ2v) is 4.62. The van der Waals surface area contributed by atoms with E-state index < -0.39 is 18.0 Å². The molecule has 0 aliphatic rings. The van der Waals surface area contributed by atoms with Crippen molar-refractivity contribution in [1.82, 2.24) is 0 Å². The van der Waals surface area contributed by atoms with E-state index in [4.69, 9.17) is 21.1 Å². The van der Waals surface area contributed by atoms with E-state index in [9.17, 15) is 13.2 Å². The van der Waals surface area contributed by atoms with Crippen LogP contribution in [0.3, 0.4) is 0 Å². The largest absolute Gasteiger partial charge is 0.418 e. The van der Waals surface area contributed by atoms with Crippen LogP contribution in [0.25, 0.3) is 0 Å². The van der Waals surface area contributed by atoms with Crippen molar-refractivity contribution in [2.24, 2.45) is 0 Å². The number of alkyl halides is 3. The Morgan fingerprint density at radius 2 is 1.81 bits per heavy atom. The monoisotopic (exact) mass is 325 g/mol. The highest BCUT2D eigenvalue weighted by Crippen LogP contribution is 2.38. The Kier molecular flexibility index (Phi) is 7.28. The Morgan fingerprint density at radius 3 is 2.33 bits per heavy atom. The van der Waals surface area contributed by atoms with Crippen LogP contribution in [0, 0.1) is 0 Å². The molecule has 0 aliphatic heterocycles. The summed E-state index contributed by atoms with van der Waals surface area (Å²) in [5.74, 6) is 0. The lowest BCUT2D eigenvalue weighted by molar-refractivity contribution is -0.137. The average molecular weight is 326 g/mol. The SMILES string of the molecule is CCOC(CCNc1c(Cl)cccc1C(F)(F)F)OCC. The molecule has 0 unspecified atom stereocenters. The van der Waals surface area contributed by atoms with Crippen LogP contribution in [-0.4, -0.2) is 26.0 Å². The number of anilines is 1. The first-order valence-corrected chi connectivity index (χ1v) is 7.10. The number of ether oxygens (including phenoxy) is 2. The Bertz CT molecular complexity index is 435. The highest BCUT2D eigenvalue weighted by molar-refractivity contribution is 6.33. The summed E-state index contributed by atoms with van der Waals surface area (Å²) in [5, 5.41) is 2.76. The summed E-state index contributed by atoms with van der Waals surface area (Å²) in [6.45, 7) is 4.87. The van der Waals surface area contributed by atoms with Gasteiger partial charge >= 0.3 is 6.18 Å². The number of hydrogen-bond donors (Lipinski definition) is 1. The molecule has 0 bridgehead atoms. The lowest BCUT2D eigenvalue weighted by Crippen LogP contribution is -2.22. The molecular formula is C14H19ClF3NO2. The maximum Gasteiger partial charge on any atom is 0.418 e. The van der Waals surface area contributed by atoms with Crippen molar-refractivity contribution in [3.05, 3.63) is 28.8 Å². The van der Waals surface area contributed by atoms with Crippen LogP contribution in [0.1, 0.15) is 25.8 Å². The van der Waals surface area contributed by atoms with Crippen molar-refractivity contribution in [3.8, 4) is 0 Å². The molecule has 0 amide bonds. The summed E-state index contributed by atoms with van der Waals surface area (Å²) >= 11 is 5.85. The summed E-state index contributed by atoms with van der Waals surface area (Å²) < 4.78 is 49.4. The Morgan fingerprint density at radius 1 is 1.19 bits per heavy atom. The first-order chi connectivity index (χ1) is 9.90. The van der Waals surface area contributed by atoms with Gasteiger partial charge in [-0.05, 0) is 26.0 Å². The average Bonchev–Trinajstić information content (AvgIpc) is 2.39. The van der Waals surface area contributed by atoms with E-state index >= 15 is 0 Å². The van der Waals surface area contributed by atoms with Crippen LogP contribution >= 0.6 is 11.6 Å². The topological polar surface area (TPSA) is 30.5 Å². The van der Waals surface area contributed by atoms with Gasteiger partial charge in [0, 0.05) is 26.2 Å². The Hall–Kier alpha value is -0.980. The number of benzene rings is 1. The van der Waals surface area contributed by atoms with Crippen molar-refractivity contribution < 1.29 is 22.6 Å². The van der Waals surface area contributed by atoms with E-state index in [2.05, 4.69) is 5.32 Å². The van der Waals surface area contributed by atoms with Crippen molar-refractivity contribution in [3.63, 3.8) is 0 Å². The predicted octanol–water partition coefficient (Wildman–Crippen LogP) is 4.56. The van der Waals surface area contributed by atoms with Gasteiger partial charge in [0.15, 0.2) is 6.29 Å². The fraction of sp³-hybridized carbons (Fsp3) is 0.571. The van der Waals surface area contributed by atoms with Crippen molar-refractivity contribution >= 4 is 17.3 Å². The molecule has 0 aliphatic carbocycles. The zero-order valence-corrected chi connectivity index (χ0v) is 12.7. The van der Waals surface area contributed by atoms with Gasteiger partial charge in [0.1, 0.15) is 0 Å². The molecule has 0 saturated heterocycles. The second kappa shape index (κ2) is 8.46. The second-order valence-electron chi connectivity index (χ2n) is 4.22. The van der Waals surface area contributed by atoms with Crippen LogP contribution in [0.15, 0.2) is 18.2 Å². The highest BCUT2D eigenvalue weighted by Gasteiger charge is 2.34. The van der Waals surface area contributed by atoms with Crippen LogP contribution in [-0.2, 0) is 15.7 Å². The van der Waals surface area contributed by atoms with Crippen molar-refractivity contribution in [2.45, 2.75) is 32.7 Å². The van der Waals surface area contributed by atoms with Gasteiger partial charge in [0.25, 0.3) is 0 Å². The molecule has 0 atom stereocenters. The highest BCUT2D eigenvalue weighted by atomic mass is 35.5. The summed E-state index contributed by atoms with van der Waals surface area (Å²) in [6, 6.07) is 3.69. The third-order valence-electron chi connectivity index (χ3n) is 2.71. The van der Waals surface area contributed by atoms with E-state index in [1.165, 1.54) is 12.1 Å². The molecule has 120 valence electrons. The van der Waals surface area contributed by atoms with Crippen LogP contribution in [0.4, 0.5) is 18.9 Å². The van der Waals surface area contributed by atoms with Crippen molar-refractivity contribution in [1.29, 1.82) is 0 Å². The van der Waals surface area contributed by atoms with Crippen LogP contribution in [0.2, 0.25) is 5.02 Å². The third-order valence-corrected chi connectivity index (χ3v) is 3.02. The molecule has 0 fully saturated rings. The standard InChI is InChI=1S/C14H19ClF3NO2/c1-3-20-12(21-4-2)8-9-19-13-10(14(16,17)18)6-5-7-11(13)15/h5-7,12,19H,3-4,8-9H2,1-2H3. The lowest BCUT2D eigenvalue weighted by atomic mass is 10.1. The summed E-state index contributed by atoms with van der Waals surface area (Å²) in [7, 11) is 0. The third kappa shape index (κ3) is 5.73. The zero-order valence-electron chi connectivity index (χ0n) is 12.0. The molecule has 1 N–H and O–H groups in total. The van der Waals surface area contributed by atoms with Gasteiger partial charge in [-0.1, -0.05) is 17.7 Å². The smallest absolute Gasteiger partial charge is 0.383 e. The minimum atomic E-state index is -4.45. The van der Waals surface area contributed by atoms with E-state index in [1.54, 1.807) is 0 Å². The van der Waals surface area contributed by atoms with E-state index in [0.29, 0.717) is 19.6 Å². The van der Waals surface area contributed by atoms with Gasteiger partial charge in [0.2, 0.25) is 0 Å². The molecular weight excluding hydrogens is 307 g/mol. The summed E-state index contributed by atoms with van der Waals surface area (Å²) in [5.41, 5.74) is -0.891. The quantitative estimate of drug-likeness (QED) is 0.711. The van der Waals surface area contributed by atoms with Gasteiger partial charge in [0.05, 0.1) is 16.3 Å². The van der Waals surface area contributed by atoms with E-state index in [0.717, 1.165) is 6.07 Å². The van der Waals surface area contributed by atoms with Crippen LogP contribution < -0.4 is 5.32 Å². The van der Waals surface area contributed by atoms with Gasteiger partial charge in [-0.25, -0.2) is 0 Å². The minimum absolute atomic E-state index is 0.0363. The Balaban J connectivity index is 2.70. The Labute approximate surface area is 127 Å². The molecule has 0 aromatic heterocycles. The zero-order chi connectivity index (χ0) is 15.9. The molecule has 7 heteroatoms.